The molecule has 0 aromatic carbocycles. The summed E-state index contributed by atoms with van der Waals surface area (Å²) < 4.78 is 0. The highest BCUT2D eigenvalue weighted by molar-refractivity contribution is 8.00. The van der Waals surface area contributed by atoms with Crippen LogP contribution in [-0.2, 0) is 4.79 Å². The molecule has 98 valence electrons. The first kappa shape index (κ1) is 12.0. The summed E-state index contributed by atoms with van der Waals surface area (Å²) in [4.78, 5) is 18.5. The summed E-state index contributed by atoms with van der Waals surface area (Å²) in [6.07, 6.45) is 4.69. The zero-order chi connectivity index (χ0) is 12.5. The van der Waals surface area contributed by atoms with Crippen LogP contribution in [0.1, 0.15) is 44.3 Å². The van der Waals surface area contributed by atoms with Gasteiger partial charge in [-0.3, -0.25) is 9.89 Å². The molecule has 3 rings (SSSR count). The number of aromatic amines is 1. The van der Waals surface area contributed by atoms with E-state index >= 15 is 0 Å². The molecule has 1 atom stereocenters. The summed E-state index contributed by atoms with van der Waals surface area (Å²) in [5.74, 6) is 1.78. The van der Waals surface area contributed by atoms with Crippen molar-refractivity contribution >= 4 is 17.7 Å². The number of amides is 1. The zero-order valence-corrected chi connectivity index (χ0v) is 11.4. The standard InChI is InChI=1S/C12H18N4OS/c1-8(11(17)16-6-2-3-7-16)18-12-13-10(14-15-12)9-4-5-9/h8-9H,2-7H2,1H3,(H,13,14,15). The molecule has 2 heterocycles. The van der Waals surface area contributed by atoms with Crippen molar-refractivity contribution in [3.8, 4) is 0 Å². The lowest BCUT2D eigenvalue weighted by Gasteiger charge is -2.18. The number of nitrogens with zero attached hydrogens (tertiary/aromatic N) is 3. The van der Waals surface area contributed by atoms with Crippen LogP contribution in [0.25, 0.3) is 0 Å². The quantitative estimate of drug-likeness (QED) is 0.844. The predicted molar refractivity (Wildman–Crippen MR) is 69.5 cm³/mol. The Morgan fingerprint density at radius 3 is 2.83 bits per heavy atom. The number of hydrogen-bond donors (Lipinski definition) is 1. The van der Waals surface area contributed by atoms with Gasteiger partial charge < -0.3 is 4.90 Å². The minimum absolute atomic E-state index is 0.0917. The number of carbonyl (C=O) groups excluding carboxylic acids is 1. The molecule has 0 bridgehead atoms. The van der Waals surface area contributed by atoms with Crippen molar-refractivity contribution in [1.29, 1.82) is 0 Å². The van der Waals surface area contributed by atoms with Crippen LogP contribution in [0.3, 0.4) is 0 Å². The van der Waals surface area contributed by atoms with E-state index in [4.69, 9.17) is 0 Å². The summed E-state index contributed by atoms with van der Waals surface area (Å²) in [5, 5.41) is 7.77. The highest BCUT2D eigenvalue weighted by Gasteiger charge is 2.29. The summed E-state index contributed by atoms with van der Waals surface area (Å²) in [6, 6.07) is 0. The molecule has 1 aromatic rings. The van der Waals surface area contributed by atoms with E-state index in [9.17, 15) is 4.79 Å². The van der Waals surface area contributed by atoms with Crippen molar-refractivity contribution in [2.75, 3.05) is 13.1 Å². The first-order chi connectivity index (χ1) is 8.74. The summed E-state index contributed by atoms with van der Waals surface area (Å²) in [5.41, 5.74) is 0. The van der Waals surface area contributed by atoms with Gasteiger partial charge in [0, 0.05) is 19.0 Å². The van der Waals surface area contributed by atoms with Gasteiger partial charge in [-0.05, 0) is 32.6 Å². The lowest BCUT2D eigenvalue weighted by atomic mass is 10.4. The summed E-state index contributed by atoms with van der Waals surface area (Å²) in [7, 11) is 0. The molecule has 0 radical (unpaired) electrons. The number of thioether (sulfide) groups is 1. The molecule has 6 heteroatoms. The number of aromatic nitrogens is 3. The largest absolute Gasteiger partial charge is 0.342 e. The molecule has 2 fully saturated rings. The molecule has 1 saturated carbocycles. The Kier molecular flexibility index (Phi) is 3.28. The Hall–Kier alpha value is -1.04. The van der Waals surface area contributed by atoms with Crippen molar-refractivity contribution < 1.29 is 4.79 Å². The first-order valence-corrected chi connectivity index (χ1v) is 7.50. The zero-order valence-electron chi connectivity index (χ0n) is 10.6. The lowest BCUT2D eigenvalue weighted by molar-refractivity contribution is -0.129. The Morgan fingerprint density at radius 2 is 2.17 bits per heavy atom. The maximum Gasteiger partial charge on any atom is 0.235 e. The van der Waals surface area contributed by atoms with Crippen molar-refractivity contribution in [3.63, 3.8) is 0 Å². The first-order valence-electron chi connectivity index (χ1n) is 6.62. The smallest absolute Gasteiger partial charge is 0.235 e. The van der Waals surface area contributed by atoms with E-state index in [1.807, 2.05) is 11.8 Å². The fourth-order valence-corrected chi connectivity index (χ4v) is 3.07. The van der Waals surface area contributed by atoms with Crippen LogP contribution in [0.2, 0.25) is 0 Å². The maximum atomic E-state index is 12.1. The van der Waals surface area contributed by atoms with Crippen LogP contribution in [-0.4, -0.2) is 44.3 Å². The van der Waals surface area contributed by atoms with Crippen molar-refractivity contribution in [3.05, 3.63) is 5.82 Å². The van der Waals surface area contributed by atoms with Gasteiger partial charge in [-0.15, -0.1) is 5.10 Å². The second-order valence-electron chi connectivity index (χ2n) is 5.07. The van der Waals surface area contributed by atoms with Crippen LogP contribution in [0.15, 0.2) is 5.16 Å². The van der Waals surface area contributed by atoms with Gasteiger partial charge in [-0.1, -0.05) is 11.8 Å². The molecule has 1 aliphatic carbocycles. The Balaban J connectivity index is 1.58. The number of hydrogen-bond acceptors (Lipinski definition) is 4. The molecule has 5 nitrogen and oxygen atoms in total. The van der Waals surface area contributed by atoms with Gasteiger partial charge in [0.2, 0.25) is 11.1 Å². The van der Waals surface area contributed by atoms with Gasteiger partial charge in [-0.2, -0.15) is 0 Å². The van der Waals surface area contributed by atoms with Gasteiger partial charge in [0.15, 0.2) is 0 Å². The van der Waals surface area contributed by atoms with E-state index in [1.165, 1.54) is 24.6 Å². The van der Waals surface area contributed by atoms with Crippen LogP contribution in [0.5, 0.6) is 0 Å². The molecule has 18 heavy (non-hydrogen) atoms. The average Bonchev–Trinajstić information content (AvgIpc) is 2.91. The number of likely N-dealkylation sites (tertiary alicyclic amines) is 1. The lowest BCUT2D eigenvalue weighted by Crippen LogP contribution is -2.34. The van der Waals surface area contributed by atoms with Crippen LogP contribution >= 0.6 is 11.8 Å². The topological polar surface area (TPSA) is 61.9 Å². The van der Waals surface area contributed by atoms with Gasteiger partial charge in [0.25, 0.3) is 0 Å². The predicted octanol–water partition coefficient (Wildman–Crippen LogP) is 1.79. The van der Waals surface area contributed by atoms with Gasteiger partial charge >= 0.3 is 0 Å². The van der Waals surface area contributed by atoms with E-state index in [1.54, 1.807) is 0 Å². The van der Waals surface area contributed by atoms with E-state index in [0.717, 1.165) is 31.8 Å². The normalized spacial score (nSPS) is 21.3. The SMILES string of the molecule is CC(Sc1n[nH]c(C2CC2)n1)C(=O)N1CCCC1. The highest BCUT2D eigenvalue weighted by Crippen LogP contribution is 2.38. The molecule has 1 saturated heterocycles. The third kappa shape index (κ3) is 2.53. The number of nitrogens with one attached hydrogen (secondary N) is 1. The second-order valence-corrected chi connectivity index (χ2v) is 6.38. The van der Waals surface area contributed by atoms with E-state index in [-0.39, 0.29) is 11.2 Å². The minimum atomic E-state index is -0.0917. The van der Waals surface area contributed by atoms with Crippen molar-refractivity contribution in [1.82, 2.24) is 20.1 Å². The summed E-state index contributed by atoms with van der Waals surface area (Å²) in [6.45, 7) is 3.76. The van der Waals surface area contributed by atoms with Crippen LogP contribution in [0.4, 0.5) is 0 Å². The van der Waals surface area contributed by atoms with E-state index < -0.39 is 0 Å². The average molecular weight is 266 g/mol. The van der Waals surface area contributed by atoms with Crippen LogP contribution < -0.4 is 0 Å². The second kappa shape index (κ2) is 4.91. The van der Waals surface area contributed by atoms with Crippen LogP contribution in [0, 0.1) is 0 Å². The van der Waals surface area contributed by atoms with E-state index in [0.29, 0.717) is 11.1 Å². The Morgan fingerprint density at radius 1 is 1.44 bits per heavy atom. The Labute approximate surface area is 111 Å². The molecule has 1 aromatic heterocycles. The fourth-order valence-electron chi connectivity index (χ4n) is 2.25. The molecular formula is C12H18N4OS. The number of rotatable bonds is 4. The maximum absolute atomic E-state index is 12.1. The van der Waals surface area contributed by atoms with Gasteiger partial charge in [0.05, 0.1) is 5.25 Å². The van der Waals surface area contributed by atoms with Crippen molar-refractivity contribution in [2.24, 2.45) is 0 Å². The van der Waals surface area contributed by atoms with Gasteiger partial charge in [0.1, 0.15) is 5.82 Å². The Bertz CT molecular complexity index is 437. The summed E-state index contributed by atoms with van der Waals surface area (Å²) >= 11 is 1.46. The fraction of sp³-hybridized carbons (Fsp3) is 0.750. The molecule has 1 amide bonds. The molecule has 1 N–H and O–H groups in total. The minimum Gasteiger partial charge on any atom is -0.342 e. The number of H-pyrrole nitrogens is 1. The van der Waals surface area contributed by atoms with Crippen molar-refractivity contribution in [2.45, 2.75) is 48.9 Å². The molecule has 1 unspecified atom stereocenters. The number of carbonyl (C=O) groups is 1. The molecule has 0 spiro atoms. The monoisotopic (exact) mass is 266 g/mol. The third-order valence-corrected chi connectivity index (χ3v) is 4.44. The van der Waals surface area contributed by atoms with Gasteiger partial charge in [-0.25, -0.2) is 4.98 Å². The van der Waals surface area contributed by atoms with E-state index in [2.05, 4.69) is 15.2 Å². The molecule has 1 aliphatic heterocycles. The highest BCUT2D eigenvalue weighted by atomic mass is 32.2. The third-order valence-electron chi connectivity index (χ3n) is 3.49. The molecule has 2 aliphatic rings. The molecular weight excluding hydrogens is 248 g/mol.